The molecule has 4 aliphatic rings. The number of nitrogens with zero attached hydrogens (tertiary/aromatic N) is 2. The van der Waals surface area contributed by atoms with Crippen LogP contribution in [-0.4, -0.2) is 26.8 Å². The second-order valence-corrected chi connectivity index (χ2v) is 10.9. The monoisotopic (exact) mass is 396 g/mol. The summed E-state index contributed by atoms with van der Waals surface area (Å²) in [5, 5.41) is 14.6. The van der Waals surface area contributed by atoms with Gasteiger partial charge >= 0.3 is 0 Å². The molecule has 1 aromatic heterocycles. The summed E-state index contributed by atoms with van der Waals surface area (Å²) in [6.07, 6.45) is 14.7. The number of aliphatic hydroxyl groups excluding tert-OH is 1. The highest BCUT2D eigenvalue weighted by atomic mass is 16.3. The average Bonchev–Trinajstić information content (AvgIpc) is 3.26. The van der Waals surface area contributed by atoms with Crippen LogP contribution in [0.1, 0.15) is 77.7 Å². The van der Waals surface area contributed by atoms with Gasteiger partial charge in [-0.2, -0.15) is 5.10 Å². The summed E-state index contributed by atoms with van der Waals surface area (Å²) in [4.78, 5) is 13.5. The first kappa shape index (κ1) is 19.5. The van der Waals surface area contributed by atoms with E-state index in [0.29, 0.717) is 29.0 Å². The number of carbonyl (C=O) groups is 1. The number of hydrogen-bond donors (Lipinski definition) is 1. The van der Waals surface area contributed by atoms with Crippen LogP contribution in [0.4, 0.5) is 0 Å². The number of aryl methyl sites for hydroxylation is 1. The van der Waals surface area contributed by atoms with Crippen LogP contribution in [0.5, 0.6) is 0 Å². The molecule has 0 bridgehead atoms. The Kier molecular flexibility index (Phi) is 4.58. The van der Waals surface area contributed by atoms with Crippen molar-refractivity contribution in [2.24, 2.45) is 34.5 Å². The van der Waals surface area contributed by atoms with Crippen LogP contribution in [0.15, 0.2) is 18.0 Å². The smallest absolute Gasteiger partial charge is 0.165 e. The third-order valence-corrected chi connectivity index (χ3v) is 9.60. The highest BCUT2D eigenvalue weighted by molar-refractivity contribution is 6.05. The molecule has 4 nitrogen and oxygen atoms in total. The maximum atomic E-state index is 13.5. The second-order valence-electron chi connectivity index (χ2n) is 10.9. The number of ketones is 1. The molecule has 0 unspecified atom stereocenters. The third kappa shape index (κ3) is 2.89. The van der Waals surface area contributed by atoms with Gasteiger partial charge in [0.1, 0.15) is 0 Å². The van der Waals surface area contributed by atoms with Gasteiger partial charge in [-0.15, -0.1) is 0 Å². The quantitative estimate of drug-likeness (QED) is 0.726. The molecule has 0 spiro atoms. The van der Waals surface area contributed by atoms with Crippen LogP contribution in [-0.2, 0) is 11.3 Å². The van der Waals surface area contributed by atoms with E-state index in [-0.39, 0.29) is 11.5 Å². The molecule has 4 aliphatic carbocycles. The van der Waals surface area contributed by atoms with Gasteiger partial charge in [-0.25, -0.2) is 0 Å². The molecule has 29 heavy (non-hydrogen) atoms. The summed E-state index contributed by atoms with van der Waals surface area (Å²) in [6.45, 7) is 7.71. The molecular formula is C25H36N2O2. The molecular weight excluding hydrogens is 360 g/mol. The van der Waals surface area contributed by atoms with E-state index in [9.17, 15) is 9.90 Å². The maximum Gasteiger partial charge on any atom is 0.165 e. The molecule has 1 heterocycles. The lowest BCUT2D eigenvalue weighted by molar-refractivity contribution is -0.141. The predicted octanol–water partition coefficient (Wildman–Crippen LogP) is 4.87. The van der Waals surface area contributed by atoms with Crippen molar-refractivity contribution in [3.05, 3.63) is 23.5 Å². The molecule has 0 amide bonds. The molecule has 158 valence electrons. The molecule has 1 N–H and O–H groups in total. The van der Waals surface area contributed by atoms with Crippen molar-refractivity contribution in [1.29, 1.82) is 0 Å². The van der Waals surface area contributed by atoms with Gasteiger partial charge < -0.3 is 5.11 Å². The zero-order chi connectivity index (χ0) is 20.4. The van der Waals surface area contributed by atoms with Gasteiger partial charge in [-0.1, -0.05) is 13.8 Å². The number of aromatic nitrogens is 2. The van der Waals surface area contributed by atoms with Gasteiger partial charge in [0, 0.05) is 23.7 Å². The fraction of sp³-hybridized carbons (Fsp3) is 0.760. The van der Waals surface area contributed by atoms with E-state index in [1.165, 1.54) is 19.3 Å². The van der Waals surface area contributed by atoms with E-state index in [4.69, 9.17) is 0 Å². The normalized spacial score (nSPS) is 45.7. The van der Waals surface area contributed by atoms with Crippen LogP contribution in [0, 0.1) is 34.5 Å². The van der Waals surface area contributed by atoms with E-state index >= 15 is 0 Å². The number of Topliss-reactive ketones (excluding diaryl/α,β-unsaturated/α-hetero) is 1. The number of allylic oxidation sites excluding steroid dienone is 1. The Hall–Kier alpha value is -1.42. The van der Waals surface area contributed by atoms with Crippen molar-refractivity contribution < 1.29 is 9.90 Å². The molecule has 1 aromatic rings. The number of aliphatic hydroxyl groups is 1. The predicted molar refractivity (Wildman–Crippen MR) is 114 cm³/mol. The summed E-state index contributed by atoms with van der Waals surface area (Å²) in [5.41, 5.74) is 2.28. The Morgan fingerprint density at radius 3 is 2.79 bits per heavy atom. The SMILES string of the molecule is CCn1cc(/C=C2\C[C@@H]3[C@H]4CC[C@H]5C[C@H](O)CC[C@]5(C)[C@@H]4CC[C@@]3(C)C2=O)cn1. The third-order valence-electron chi connectivity index (χ3n) is 9.60. The van der Waals surface area contributed by atoms with Crippen LogP contribution >= 0.6 is 0 Å². The van der Waals surface area contributed by atoms with E-state index < -0.39 is 0 Å². The van der Waals surface area contributed by atoms with Gasteiger partial charge in [0.15, 0.2) is 5.78 Å². The Morgan fingerprint density at radius 1 is 1.21 bits per heavy atom. The molecule has 4 fully saturated rings. The van der Waals surface area contributed by atoms with Crippen molar-refractivity contribution in [1.82, 2.24) is 9.78 Å². The zero-order valence-electron chi connectivity index (χ0n) is 18.2. The number of rotatable bonds is 2. The molecule has 5 rings (SSSR count). The van der Waals surface area contributed by atoms with Gasteiger partial charge in [0.05, 0.1) is 12.3 Å². The van der Waals surface area contributed by atoms with Crippen molar-refractivity contribution in [3.8, 4) is 0 Å². The first-order valence-electron chi connectivity index (χ1n) is 11.8. The Bertz CT molecular complexity index is 842. The zero-order valence-corrected chi connectivity index (χ0v) is 18.2. The summed E-state index contributed by atoms with van der Waals surface area (Å²) in [6, 6.07) is 0. The molecule has 7 atom stereocenters. The van der Waals surface area contributed by atoms with Gasteiger partial charge in [0.25, 0.3) is 0 Å². The number of hydrogen-bond acceptors (Lipinski definition) is 3. The molecule has 0 radical (unpaired) electrons. The van der Waals surface area contributed by atoms with E-state index in [1.807, 2.05) is 17.1 Å². The summed E-state index contributed by atoms with van der Waals surface area (Å²) in [5.74, 6) is 2.95. The standard InChI is InChI=1S/C25H36N2O2/c1-4-27-15-16(14-26-27)11-17-12-22-20-6-5-18-13-19(28)7-9-24(18,2)21(20)8-10-25(22,3)23(17)29/h11,14-15,18-22,28H,4-10,12-13H2,1-3H3/b17-11+/t18-,19+,20-,21+,22+,24-,25+/m0/s1. The van der Waals surface area contributed by atoms with Gasteiger partial charge in [0.2, 0.25) is 0 Å². The van der Waals surface area contributed by atoms with E-state index in [2.05, 4.69) is 31.9 Å². The minimum atomic E-state index is -0.175. The van der Waals surface area contributed by atoms with E-state index in [0.717, 1.165) is 55.7 Å². The van der Waals surface area contributed by atoms with Gasteiger partial charge in [-0.3, -0.25) is 9.48 Å². The topological polar surface area (TPSA) is 55.1 Å². The molecule has 4 saturated carbocycles. The first-order chi connectivity index (χ1) is 13.8. The molecule has 0 aromatic carbocycles. The molecule has 4 heteroatoms. The van der Waals surface area contributed by atoms with Crippen molar-refractivity contribution in [2.45, 2.75) is 84.8 Å². The largest absolute Gasteiger partial charge is 0.393 e. The Labute approximate surface area is 174 Å². The fourth-order valence-electron chi connectivity index (χ4n) is 7.86. The molecule has 0 saturated heterocycles. The van der Waals surface area contributed by atoms with Crippen molar-refractivity contribution in [2.75, 3.05) is 0 Å². The lowest BCUT2D eigenvalue weighted by atomic mass is 9.45. The van der Waals surface area contributed by atoms with Crippen LogP contribution in [0.25, 0.3) is 6.08 Å². The minimum absolute atomic E-state index is 0.0925. The van der Waals surface area contributed by atoms with Crippen molar-refractivity contribution in [3.63, 3.8) is 0 Å². The second kappa shape index (κ2) is 6.80. The van der Waals surface area contributed by atoms with Crippen molar-refractivity contribution >= 4 is 11.9 Å². The Morgan fingerprint density at radius 2 is 2.03 bits per heavy atom. The lowest BCUT2D eigenvalue weighted by Crippen LogP contribution is -2.54. The highest BCUT2D eigenvalue weighted by Gasteiger charge is 2.61. The summed E-state index contributed by atoms with van der Waals surface area (Å²) in [7, 11) is 0. The molecule has 0 aliphatic heterocycles. The highest BCUT2D eigenvalue weighted by Crippen LogP contribution is 2.66. The summed E-state index contributed by atoms with van der Waals surface area (Å²) < 4.78 is 1.93. The van der Waals surface area contributed by atoms with Crippen LogP contribution in [0.3, 0.4) is 0 Å². The minimum Gasteiger partial charge on any atom is -0.393 e. The number of carbonyl (C=O) groups excluding carboxylic acids is 1. The van der Waals surface area contributed by atoms with E-state index in [1.54, 1.807) is 0 Å². The fourth-order valence-corrected chi connectivity index (χ4v) is 7.86. The van der Waals surface area contributed by atoms with Crippen LogP contribution in [0.2, 0.25) is 0 Å². The number of fused-ring (bicyclic) bond motifs is 5. The van der Waals surface area contributed by atoms with Gasteiger partial charge in [-0.05, 0) is 99.0 Å². The van der Waals surface area contributed by atoms with Crippen LogP contribution < -0.4 is 0 Å². The lowest BCUT2D eigenvalue weighted by Gasteiger charge is -2.59. The maximum absolute atomic E-state index is 13.5. The first-order valence-corrected chi connectivity index (χ1v) is 11.8. The summed E-state index contributed by atoms with van der Waals surface area (Å²) >= 11 is 0. The Balaban J connectivity index is 1.43. The average molecular weight is 397 g/mol.